The first-order valence-electron chi connectivity index (χ1n) is 6.88. The van der Waals surface area contributed by atoms with E-state index in [4.69, 9.17) is 16.3 Å². The smallest absolute Gasteiger partial charge is 0.409 e. The molecule has 1 aromatic carbocycles. The summed E-state index contributed by atoms with van der Waals surface area (Å²) in [5.74, 6) is 0.379. The predicted molar refractivity (Wildman–Crippen MR) is 76.6 cm³/mol. The van der Waals surface area contributed by atoms with Gasteiger partial charge in [0.1, 0.15) is 0 Å². The summed E-state index contributed by atoms with van der Waals surface area (Å²) in [4.78, 5) is 13.7. The maximum Gasteiger partial charge on any atom is 0.409 e. The molecule has 1 aromatic rings. The van der Waals surface area contributed by atoms with Gasteiger partial charge in [0.15, 0.2) is 0 Å². The van der Waals surface area contributed by atoms with Gasteiger partial charge in [-0.05, 0) is 37.5 Å². The largest absolute Gasteiger partial charge is 0.450 e. The summed E-state index contributed by atoms with van der Waals surface area (Å²) in [7, 11) is 0. The lowest BCUT2D eigenvalue weighted by atomic mass is 9.94. The van der Waals surface area contributed by atoms with Crippen molar-refractivity contribution in [2.45, 2.75) is 32.1 Å². The molecular formula is C15H20ClNO2. The van der Waals surface area contributed by atoms with Crippen LogP contribution in [0.25, 0.3) is 0 Å². The van der Waals surface area contributed by atoms with Crippen molar-refractivity contribution in [2.24, 2.45) is 0 Å². The molecule has 4 heteroatoms. The Bertz CT molecular complexity index is 419. The summed E-state index contributed by atoms with van der Waals surface area (Å²) in [6, 6.07) is 7.94. The number of carbonyl (C=O) groups excluding carboxylic acids is 1. The fourth-order valence-electron chi connectivity index (χ4n) is 2.53. The summed E-state index contributed by atoms with van der Waals surface area (Å²) in [6.45, 7) is 3.80. The van der Waals surface area contributed by atoms with Crippen molar-refractivity contribution >= 4 is 17.7 Å². The average Bonchev–Trinajstić information content (AvgIpc) is 2.66. The van der Waals surface area contributed by atoms with Crippen LogP contribution in [0, 0.1) is 0 Å². The Kier molecular flexibility index (Phi) is 5.08. The number of halogens is 1. The van der Waals surface area contributed by atoms with Gasteiger partial charge in [-0.25, -0.2) is 4.79 Å². The van der Waals surface area contributed by atoms with E-state index in [-0.39, 0.29) is 6.09 Å². The molecule has 0 N–H and O–H groups in total. The predicted octanol–water partition coefficient (Wildman–Crippen LogP) is 4.07. The molecule has 1 heterocycles. The number of hydrogen-bond acceptors (Lipinski definition) is 2. The molecule has 1 atom stereocenters. The molecule has 1 saturated heterocycles. The van der Waals surface area contributed by atoms with Crippen molar-refractivity contribution in [3.8, 4) is 0 Å². The summed E-state index contributed by atoms with van der Waals surface area (Å²) < 4.78 is 5.11. The molecule has 1 fully saturated rings. The zero-order valence-corrected chi connectivity index (χ0v) is 12.0. The third-order valence-electron chi connectivity index (χ3n) is 3.54. The van der Waals surface area contributed by atoms with Gasteiger partial charge >= 0.3 is 6.09 Å². The van der Waals surface area contributed by atoms with E-state index in [1.165, 1.54) is 5.56 Å². The van der Waals surface area contributed by atoms with E-state index >= 15 is 0 Å². The second-order valence-electron chi connectivity index (χ2n) is 4.89. The summed E-state index contributed by atoms with van der Waals surface area (Å²) in [6.07, 6.45) is 3.10. The second kappa shape index (κ2) is 6.80. The Labute approximate surface area is 119 Å². The van der Waals surface area contributed by atoms with Gasteiger partial charge in [-0.2, -0.15) is 0 Å². The molecule has 0 spiro atoms. The van der Waals surface area contributed by atoms with Gasteiger partial charge in [0.25, 0.3) is 0 Å². The van der Waals surface area contributed by atoms with Crippen molar-refractivity contribution in [1.29, 1.82) is 0 Å². The third-order valence-corrected chi connectivity index (χ3v) is 3.79. The highest BCUT2D eigenvalue weighted by atomic mass is 35.5. The van der Waals surface area contributed by atoms with E-state index in [0.29, 0.717) is 12.5 Å². The number of carbonyl (C=O) groups is 1. The van der Waals surface area contributed by atoms with E-state index in [2.05, 4.69) is 12.1 Å². The quantitative estimate of drug-likeness (QED) is 0.818. The fraction of sp³-hybridized carbons (Fsp3) is 0.533. The van der Waals surface area contributed by atoms with Crippen LogP contribution in [0.15, 0.2) is 24.3 Å². The molecule has 3 nitrogen and oxygen atoms in total. The second-order valence-corrected chi connectivity index (χ2v) is 5.33. The lowest BCUT2D eigenvalue weighted by Gasteiger charge is -2.24. The van der Waals surface area contributed by atoms with Crippen molar-refractivity contribution in [1.82, 2.24) is 4.90 Å². The Morgan fingerprint density at radius 3 is 2.79 bits per heavy atom. The van der Waals surface area contributed by atoms with Gasteiger partial charge < -0.3 is 9.64 Å². The Morgan fingerprint density at radius 1 is 1.37 bits per heavy atom. The zero-order valence-electron chi connectivity index (χ0n) is 11.3. The molecule has 2 rings (SSSR count). The number of rotatable bonds is 2. The molecule has 0 unspecified atom stereocenters. The molecule has 104 valence electrons. The monoisotopic (exact) mass is 281 g/mol. The molecule has 19 heavy (non-hydrogen) atoms. The Morgan fingerprint density at radius 2 is 2.11 bits per heavy atom. The van der Waals surface area contributed by atoms with Gasteiger partial charge in [-0.3, -0.25) is 0 Å². The molecule has 0 aromatic heterocycles. The molecule has 0 aliphatic carbocycles. The van der Waals surface area contributed by atoms with Crippen LogP contribution in [0.1, 0.15) is 37.7 Å². The lowest BCUT2D eigenvalue weighted by molar-refractivity contribution is 0.107. The zero-order chi connectivity index (χ0) is 13.7. The van der Waals surface area contributed by atoms with E-state index in [9.17, 15) is 4.79 Å². The standard InChI is InChI=1S/C15H20ClNO2/c1-2-19-15(18)17-10-4-3-5-13(11-17)12-6-8-14(16)9-7-12/h6-9,13H,2-5,10-11H2,1H3/t13-/m1/s1. The van der Waals surface area contributed by atoms with Crippen molar-refractivity contribution < 1.29 is 9.53 Å². The highest BCUT2D eigenvalue weighted by Gasteiger charge is 2.23. The minimum absolute atomic E-state index is 0.191. The SMILES string of the molecule is CCOC(=O)N1CCCC[C@@H](c2ccc(Cl)cc2)C1. The highest BCUT2D eigenvalue weighted by Crippen LogP contribution is 2.27. The fourth-order valence-corrected chi connectivity index (χ4v) is 2.66. The number of benzene rings is 1. The van der Waals surface area contributed by atoms with Crippen LogP contribution >= 0.6 is 11.6 Å². The Balaban J connectivity index is 2.07. The average molecular weight is 282 g/mol. The van der Waals surface area contributed by atoms with Crippen LogP contribution in [0.5, 0.6) is 0 Å². The normalized spacial score (nSPS) is 19.9. The number of ether oxygens (including phenoxy) is 1. The maximum atomic E-state index is 11.9. The topological polar surface area (TPSA) is 29.5 Å². The lowest BCUT2D eigenvalue weighted by Crippen LogP contribution is -2.34. The van der Waals surface area contributed by atoms with Gasteiger partial charge in [0.05, 0.1) is 6.61 Å². The minimum Gasteiger partial charge on any atom is -0.450 e. The van der Waals surface area contributed by atoms with Gasteiger partial charge in [-0.1, -0.05) is 30.2 Å². The van der Waals surface area contributed by atoms with Crippen molar-refractivity contribution in [3.05, 3.63) is 34.9 Å². The Hall–Kier alpha value is -1.22. The van der Waals surface area contributed by atoms with Crippen LogP contribution in [-0.4, -0.2) is 30.7 Å². The molecule has 1 amide bonds. The van der Waals surface area contributed by atoms with E-state index in [0.717, 1.165) is 37.4 Å². The molecule has 0 radical (unpaired) electrons. The van der Waals surface area contributed by atoms with Crippen LogP contribution < -0.4 is 0 Å². The van der Waals surface area contributed by atoms with Gasteiger partial charge in [0.2, 0.25) is 0 Å². The minimum atomic E-state index is -0.191. The summed E-state index contributed by atoms with van der Waals surface area (Å²) in [5, 5.41) is 0.750. The molecule has 1 aliphatic heterocycles. The maximum absolute atomic E-state index is 11.9. The first-order valence-corrected chi connectivity index (χ1v) is 7.25. The third kappa shape index (κ3) is 3.87. The first-order chi connectivity index (χ1) is 9.20. The van der Waals surface area contributed by atoms with Crippen LogP contribution in [0.4, 0.5) is 4.79 Å². The van der Waals surface area contributed by atoms with E-state index in [1.54, 1.807) is 0 Å². The molecule has 0 bridgehead atoms. The summed E-state index contributed by atoms with van der Waals surface area (Å²) in [5.41, 5.74) is 1.25. The van der Waals surface area contributed by atoms with E-state index in [1.807, 2.05) is 24.0 Å². The number of hydrogen-bond donors (Lipinski definition) is 0. The first kappa shape index (κ1) is 14.2. The number of amides is 1. The van der Waals surface area contributed by atoms with Crippen molar-refractivity contribution in [3.63, 3.8) is 0 Å². The van der Waals surface area contributed by atoms with Gasteiger partial charge in [-0.15, -0.1) is 0 Å². The molecule has 1 aliphatic rings. The van der Waals surface area contributed by atoms with Crippen LogP contribution in [0.3, 0.4) is 0 Å². The van der Waals surface area contributed by atoms with E-state index < -0.39 is 0 Å². The summed E-state index contributed by atoms with van der Waals surface area (Å²) >= 11 is 5.92. The molecular weight excluding hydrogens is 262 g/mol. The van der Waals surface area contributed by atoms with Crippen molar-refractivity contribution in [2.75, 3.05) is 19.7 Å². The van der Waals surface area contributed by atoms with Crippen LogP contribution in [0.2, 0.25) is 5.02 Å². The molecule has 0 saturated carbocycles. The van der Waals surface area contributed by atoms with Gasteiger partial charge in [0, 0.05) is 24.0 Å². The van der Waals surface area contributed by atoms with Crippen LogP contribution in [-0.2, 0) is 4.74 Å². The number of likely N-dealkylation sites (tertiary alicyclic amines) is 1. The number of nitrogens with zero attached hydrogens (tertiary/aromatic N) is 1. The highest BCUT2D eigenvalue weighted by molar-refractivity contribution is 6.30.